The minimum Gasteiger partial charge on any atom is -0.378 e. The summed E-state index contributed by atoms with van der Waals surface area (Å²) < 4.78 is 19.2. The molecule has 0 aliphatic carbocycles. The van der Waals surface area contributed by atoms with Crippen LogP contribution < -0.4 is 10.2 Å². The van der Waals surface area contributed by atoms with Crippen LogP contribution in [0.2, 0.25) is 0 Å². The molecule has 10 heteroatoms. The molecule has 1 fully saturated rings. The van der Waals surface area contributed by atoms with Gasteiger partial charge < -0.3 is 15.0 Å². The molecule has 1 N–H and O–H groups in total. The van der Waals surface area contributed by atoms with Crippen molar-refractivity contribution in [3.05, 3.63) is 36.4 Å². The van der Waals surface area contributed by atoms with Crippen LogP contribution in [0.4, 0.5) is 15.2 Å². The molecule has 1 aliphatic rings. The number of hydrogen-bond donors (Lipinski definition) is 1. The van der Waals surface area contributed by atoms with Crippen molar-refractivity contribution in [2.75, 3.05) is 42.3 Å². The van der Waals surface area contributed by atoms with Crippen LogP contribution in [0, 0.1) is 5.82 Å². The molecule has 27 heavy (non-hydrogen) atoms. The second-order valence-corrected chi connectivity index (χ2v) is 7.71. The van der Waals surface area contributed by atoms with Gasteiger partial charge in [0.05, 0.1) is 19.0 Å². The van der Waals surface area contributed by atoms with Crippen LogP contribution in [0.5, 0.6) is 0 Å². The maximum Gasteiger partial charge on any atom is 0.234 e. The van der Waals surface area contributed by atoms with Crippen LogP contribution in [0.25, 0.3) is 10.3 Å². The van der Waals surface area contributed by atoms with Crippen molar-refractivity contribution in [2.24, 2.45) is 0 Å². The molecule has 1 saturated heterocycles. The molecule has 0 spiro atoms. The van der Waals surface area contributed by atoms with Gasteiger partial charge in [0, 0.05) is 18.8 Å². The fraction of sp³-hybridized carbons (Fsp3) is 0.294. The highest BCUT2D eigenvalue weighted by Gasteiger charge is 2.18. The zero-order chi connectivity index (χ0) is 18.6. The molecule has 0 radical (unpaired) electrons. The van der Waals surface area contributed by atoms with E-state index in [-0.39, 0.29) is 17.5 Å². The highest BCUT2D eigenvalue weighted by molar-refractivity contribution is 8.00. The number of anilines is 2. The minimum atomic E-state index is -0.341. The Morgan fingerprint density at radius 1 is 1.26 bits per heavy atom. The van der Waals surface area contributed by atoms with Crippen molar-refractivity contribution in [3.63, 3.8) is 0 Å². The van der Waals surface area contributed by atoms with E-state index in [1.54, 1.807) is 0 Å². The number of nitrogens with zero attached hydrogens (tertiary/aromatic N) is 4. The molecule has 0 unspecified atom stereocenters. The van der Waals surface area contributed by atoms with E-state index < -0.39 is 0 Å². The number of hydrogen-bond acceptors (Lipinski definition) is 8. The van der Waals surface area contributed by atoms with E-state index in [0.717, 1.165) is 27.9 Å². The first-order valence-corrected chi connectivity index (χ1v) is 10.1. The van der Waals surface area contributed by atoms with Crippen molar-refractivity contribution in [3.8, 4) is 0 Å². The van der Waals surface area contributed by atoms with Crippen LogP contribution in [-0.2, 0) is 9.53 Å². The van der Waals surface area contributed by atoms with Crippen LogP contribution in [0.1, 0.15) is 0 Å². The molecule has 3 aromatic rings. The monoisotopic (exact) mass is 405 g/mol. The van der Waals surface area contributed by atoms with Crippen molar-refractivity contribution >= 4 is 50.2 Å². The summed E-state index contributed by atoms with van der Waals surface area (Å²) in [6.07, 6.45) is 1.46. The summed E-state index contributed by atoms with van der Waals surface area (Å²) in [5.41, 5.74) is 1.19. The molecule has 4 rings (SSSR count). The van der Waals surface area contributed by atoms with Crippen molar-refractivity contribution in [2.45, 2.75) is 5.03 Å². The largest absolute Gasteiger partial charge is 0.378 e. The average Bonchev–Trinajstić information content (AvgIpc) is 3.14. The lowest BCUT2D eigenvalue weighted by Gasteiger charge is -2.25. The Bertz CT molecular complexity index is 944. The standard InChI is InChI=1S/C17H16FN5O2S2/c18-11-1-3-12(4-2-11)21-13(24)9-26-16-14-15(19-10-20-16)22-17(27-14)23-5-7-25-8-6-23/h1-4,10H,5-9H2,(H,21,24). The Balaban J connectivity index is 1.44. The molecular weight excluding hydrogens is 389 g/mol. The summed E-state index contributed by atoms with van der Waals surface area (Å²) in [7, 11) is 0. The SMILES string of the molecule is O=C(CSc1ncnc2nc(N3CCOCC3)sc12)Nc1ccc(F)cc1. The number of aromatic nitrogens is 3. The van der Waals surface area contributed by atoms with E-state index in [1.165, 1.54) is 53.7 Å². The molecule has 7 nitrogen and oxygen atoms in total. The number of benzene rings is 1. The predicted molar refractivity (Wildman–Crippen MR) is 104 cm³/mol. The normalized spacial score (nSPS) is 14.5. The van der Waals surface area contributed by atoms with Gasteiger partial charge in [0.2, 0.25) is 5.91 Å². The number of thiazole rings is 1. The second-order valence-electron chi connectivity index (χ2n) is 5.77. The van der Waals surface area contributed by atoms with Gasteiger partial charge in [-0.25, -0.2) is 14.4 Å². The number of amides is 1. The van der Waals surface area contributed by atoms with Crippen LogP contribution in [0.15, 0.2) is 35.6 Å². The molecule has 1 aliphatic heterocycles. The maximum absolute atomic E-state index is 12.9. The first-order chi connectivity index (χ1) is 13.2. The highest BCUT2D eigenvalue weighted by atomic mass is 32.2. The van der Waals surface area contributed by atoms with Crippen LogP contribution >= 0.6 is 23.1 Å². The number of fused-ring (bicyclic) bond motifs is 1. The van der Waals surface area contributed by atoms with E-state index in [0.29, 0.717) is 24.5 Å². The van der Waals surface area contributed by atoms with Gasteiger partial charge in [-0.2, -0.15) is 4.98 Å². The molecule has 1 amide bonds. The fourth-order valence-electron chi connectivity index (χ4n) is 2.58. The highest BCUT2D eigenvalue weighted by Crippen LogP contribution is 2.33. The van der Waals surface area contributed by atoms with Gasteiger partial charge in [-0.05, 0) is 24.3 Å². The Hall–Kier alpha value is -2.30. The quantitative estimate of drug-likeness (QED) is 0.516. The summed E-state index contributed by atoms with van der Waals surface area (Å²) in [6, 6.07) is 5.67. The average molecular weight is 405 g/mol. The third-order valence-electron chi connectivity index (χ3n) is 3.90. The van der Waals surface area contributed by atoms with E-state index in [9.17, 15) is 9.18 Å². The summed E-state index contributed by atoms with van der Waals surface area (Å²) >= 11 is 2.86. The number of nitrogens with one attached hydrogen (secondary N) is 1. The van der Waals surface area contributed by atoms with Gasteiger partial charge in [-0.1, -0.05) is 23.1 Å². The van der Waals surface area contributed by atoms with Crippen LogP contribution in [0.3, 0.4) is 0 Å². The van der Waals surface area contributed by atoms with E-state index in [2.05, 4.69) is 25.2 Å². The lowest BCUT2D eigenvalue weighted by molar-refractivity contribution is -0.113. The Kier molecular flexibility index (Phi) is 5.46. The van der Waals surface area contributed by atoms with E-state index in [1.807, 2.05) is 0 Å². The fourth-order valence-corrected chi connectivity index (χ4v) is 4.52. The number of carbonyl (C=O) groups excluding carboxylic acids is 1. The lowest BCUT2D eigenvalue weighted by Crippen LogP contribution is -2.36. The van der Waals surface area contributed by atoms with Gasteiger partial charge in [0.1, 0.15) is 21.9 Å². The van der Waals surface area contributed by atoms with E-state index in [4.69, 9.17) is 4.74 Å². The van der Waals surface area contributed by atoms with Crippen molar-refractivity contribution in [1.82, 2.24) is 15.0 Å². The van der Waals surface area contributed by atoms with Gasteiger partial charge >= 0.3 is 0 Å². The third kappa shape index (κ3) is 4.34. The minimum absolute atomic E-state index is 0.184. The molecule has 0 atom stereocenters. The van der Waals surface area contributed by atoms with Gasteiger partial charge in [-0.3, -0.25) is 4.79 Å². The van der Waals surface area contributed by atoms with Gasteiger partial charge in [0.15, 0.2) is 10.8 Å². The molecule has 0 bridgehead atoms. The number of thioether (sulfide) groups is 1. The summed E-state index contributed by atoms with van der Waals surface area (Å²) in [5, 5.41) is 4.36. The van der Waals surface area contributed by atoms with E-state index >= 15 is 0 Å². The molecular formula is C17H16FN5O2S2. The lowest BCUT2D eigenvalue weighted by atomic mass is 10.3. The number of halogens is 1. The first kappa shape index (κ1) is 18.1. The van der Waals surface area contributed by atoms with Crippen LogP contribution in [-0.4, -0.2) is 52.9 Å². The summed E-state index contributed by atoms with van der Waals surface area (Å²) in [6.45, 7) is 2.98. The van der Waals surface area contributed by atoms with Gasteiger partial charge in [-0.15, -0.1) is 0 Å². The smallest absolute Gasteiger partial charge is 0.234 e. The molecule has 2 aromatic heterocycles. The topological polar surface area (TPSA) is 80.2 Å². The number of ether oxygens (including phenoxy) is 1. The number of morpholine rings is 1. The second kappa shape index (κ2) is 8.15. The summed E-state index contributed by atoms with van der Waals surface area (Å²) in [4.78, 5) is 27.5. The Morgan fingerprint density at radius 2 is 2.04 bits per heavy atom. The van der Waals surface area contributed by atoms with Crippen molar-refractivity contribution < 1.29 is 13.9 Å². The van der Waals surface area contributed by atoms with Gasteiger partial charge in [0.25, 0.3) is 0 Å². The number of rotatable bonds is 5. The summed E-state index contributed by atoms with van der Waals surface area (Å²) in [5.74, 6) is -0.336. The Morgan fingerprint density at radius 3 is 2.81 bits per heavy atom. The number of carbonyl (C=O) groups is 1. The van der Waals surface area contributed by atoms with Crippen molar-refractivity contribution in [1.29, 1.82) is 0 Å². The third-order valence-corrected chi connectivity index (χ3v) is 6.13. The molecule has 3 heterocycles. The molecule has 0 saturated carbocycles. The molecule has 140 valence electrons. The Labute approximate surface area is 163 Å². The zero-order valence-corrected chi connectivity index (χ0v) is 15.9. The first-order valence-electron chi connectivity index (χ1n) is 8.31. The predicted octanol–water partition coefficient (Wildman–Crippen LogP) is 2.79. The zero-order valence-electron chi connectivity index (χ0n) is 14.2. The maximum atomic E-state index is 12.9. The molecule has 1 aromatic carbocycles.